The highest BCUT2D eigenvalue weighted by Gasteiger charge is 2.43. The molecule has 164 valence electrons. The van der Waals surface area contributed by atoms with E-state index in [0.717, 1.165) is 30.0 Å². The molecule has 2 atom stereocenters. The molecular formula is C19H15F6N5S. The van der Waals surface area contributed by atoms with Crippen molar-refractivity contribution in [2.24, 2.45) is 16.5 Å². The number of halogens is 6. The normalized spacial score (nSPS) is 21.7. The van der Waals surface area contributed by atoms with Gasteiger partial charge in [0, 0.05) is 5.69 Å². The van der Waals surface area contributed by atoms with Crippen molar-refractivity contribution in [2.45, 2.75) is 24.0 Å². The van der Waals surface area contributed by atoms with Crippen LogP contribution in [0.4, 0.5) is 37.7 Å². The minimum atomic E-state index is -4.63. The van der Waals surface area contributed by atoms with E-state index >= 15 is 0 Å². The first-order valence-corrected chi connectivity index (χ1v) is 9.73. The summed E-state index contributed by atoms with van der Waals surface area (Å²) in [5.74, 6) is 0. The summed E-state index contributed by atoms with van der Waals surface area (Å²) in [7, 11) is 0. The van der Waals surface area contributed by atoms with E-state index in [1.165, 1.54) is 46.5 Å². The molecule has 0 bridgehead atoms. The number of anilines is 2. The Bertz CT molecular complexity index is 1050. The molecule has 0 aromatic heterocycles. The fourth-order valence-corrected chi connectivity index (χ4v) is 4.40. The van der Waals surface area contributed by atoms with Crippen LogP contribution in [-0.4, -0.2) is 18.0 Å². The van der Waals surface area contributed by atoms with Gasteiger partial charge in [-0.2, -0.15) is 26.3 Å². The topological polar surface area (TPSA) is 70.9 Å². The Balaban J connectivity index is 1.71. The molecule has 0 saturated heterocycles. The van der Waals surface area contributed by atoms with E-state index in [2.05, 4.69) is 4.99 Å². The predicted octanol–water partition coefficient (Wildman–Crippen LogP) is 4.52. The second kappa shape index (κ2) is 7.46. The molecule has 2 unspecified atom stereocenters. The van der Waals surface area contributed by atoms with Crippen LogP contribution in [0, 0.1) is 0 Å². The average molecular weight is 459 g/mol. The Labute approximate surface area is 177 Å². The summed E-state index contributed by atoms with van der Waals surface area (Å²) in [6, 6.07) is 9.17. The molecule has 0 saturated carbocycles. The number of nitrogens with zero attached hydrogens (tertiary/aromatic N) is 3. The van der Waals surface area contributed by atoms with Gasteiger partial charge in [-0.1, -0.05) is 23.9 Å². The lowest BCUT2D eigenvalue weighted by molar-refractivity contribution is -0.138. The summed E-state index contributed by atoms with van der Waals surface area (Å²) >= 11 is 1.04. The van der Waals surface area contributed by atoms with Crippen molar-refractivity contribution in [3.05, 3.63) is 70.4 Å². The maximum absolute atomic E-state index is 13.6. The summed E-state index contributed by atoms with van der Waals surface area (Å²) < 4.78 is 79.2. The Morgan fingerprint density at radius 1 is 0.871 bits per heavy atom. The zero-order valence-corrected chi connectivity index (χ0v) is 16.3. The molecular weight excluding hydrogens is 444 g/mol. The SMILES string of the molecule is NC1C2=C(N=CN1c1ccc(C(F)(F)F)cc1)SC(N)N2c1ccccc1C(F)(F)F. The molecule has 2 heterocycles. The number of aliphatic imine (C=N–C) groups is 1. The van der Waals surface area contributed by atoms with E-state index in [4.69, 9.17) is 11.5 Å². The molecule has 0 fully saturated rings. The lowest BCUT2D eigenvalue weighted by Crippen LogP contribution is -2.51. The molecule has 0 amide bonds. The van der Waals surface area contributed by atoms with Crippen molar-refractivity contribution in [1.29, 1.82) is 0 Å². The van der Waals surface area contributed by atoms with E-state index in [9.17, 15) is 26.3 Å². The van der Waals surface area contributed by atoms with E-state index in [1.54, 1.807) is 0 Å². The van der Waals surface area contributed by atoms with Crippen LogP contribution in [0.1, 0.15) is 11.1 Å². The molecule has 2 aromatic carbocycles. The van der Waals surface area contributed by atoms with Gasteiger partial charge in [-0.15, -0.1) is 0 Å². The van der Waals surface area contributed by atoms with Gasteiger partial charge in [0.1, 0.15) is 16.7 Å². The quantitative estimate of drug-likeness (QED) is 0.647. The molecule has 0 aliphatic carbocycles. The van der Waals surface area contributed by atoms with Crippen molar-refractivity contribution >= 4 is 29.5 Å². The monoisotopic (exact) mass is 459 g/mol. The maximum atomic E-state index is 13.6. The van der Waals surface area contributed by atoms with E-state index < -0.39 is 35.1 Å². The van der Waals surface area contributed by atoms with Crippen molar-refractivity contribution < 1.29 is 26.3 Å². The minimum absolute atomic E-state index is 0.181. The second-order valence-corrected chi connectivity index (χ2v) is 7.83. The maximum Gasteiger partial charge on any atom is 0.418 e. The summed E-state index contributed by atoms with van der Waals surface area (Å²) in [6.07, 6.45) is -8.82. The fourth-order valence-electron chi connectivity index (χ4n) is 3.39. The largest absolute Gasteiger partial charge is 0.418 e. The van der Waals surface area contributed by atoms with Crippen molar-refractivity contribution in [2.75, 3.05) is 9.80 Å². The molecule has 4 N–H and O–H groups in total. The zero-order chi connectivity index (χ0) is 22.6. The molecule has 2 aliphatic rings. The lowest BCUT2D eigenvalue weighted by atomic mass is 10.1. The van der Waals surface area contributed by atoms with Gasteiger partial charge in [0.05, 0.1) is 28.8 Å². The number of nitrogens with two attached hydrogens (primary N) is 2. The van der Waals surface area contributed by atoms with Gasteiger partial charge in [0.25, 0.3) is 0 Å². The number of rotatable bonds is 2. The number of hydrogen-bond donors (Lipinski definition) is 2. The van der Waals surface area contributed by atoms with Crippen molar-refractivity contribution in [1.82, 2.24) is 0 Å². The zero-order valence-electron chi connectivity index (χ0n) is 15.5. The van der Waals surface area contributed by atoms with Gasteiger partial charge >= 0.3 is 12.4 Å². The molecule has 0 radical (unpaired) electrons. The Morgan fingerprint density at radius 3 is 2.13 bits per heavy atom. The van der Waals surface area contributed by atoms with Crippen LogP contribution in [0.5, 0.6) is 0 Å². The van der Waals surface area contributed by atoms with Crippen molar-refractivity contribution in [3.8, 4) is 0 Å². The van der Waals surface area contributed by atoms with Gasteiger partial charge < -0.3 is 21.3 Å². The van der Waals surface area contributed by atoms with Gasteiger partial charge in [0.15, 0.2) is 0 Å². The van der Waals surface area contributed by atoms with E-state index in [0.29, 0.717) is 10.7 Å². The highest BCUT2D eigenvalue weighted by Crippen LogP contribution is 2.47. The number of benzene rings is 2. The number of para-hydroxylation sites is 1. The lowest BCUT2D eigenvalue weighted by Gasteiger charge is -2.36. The average Bonchev–Trinajstić information content (AvgIpc) is 3.04. The third-order valence-electron chi connectivity index (χ3n) is 4.81. The first kappa shape index (κ1) is 21.5. The van der Waals surface area contributed by atoms with Gasteiger partial charge in [-0.3, -0.25) is 0 Å². The summed E-state index contributed by atoms with van der Waals surface area (Å²) in [5, 5.41) is 0.347. The third-order valence-corrected chi connectivity index (χ3v) is 5.80. The van der Waals surface area contributed by atoms with Crippen LogP contribution >= 0.6 is 11.8 Å². The smallest absolute Gasteiger partial charge is 0.314 e. The van der Waals surface area contributed by atoms with E-state index in [-0.39, 0.29) is 11.4 Å². The van der Waals surface area contributed by atoms with Gasteiger partial charge in [0.2, 0.25) is 0 Å². The molecule has 5 nitrogen and oxygen atoms in total. The van der Waals surface area contributed by atoms with Gasteiger partial charge in [-0.05, 0) is 36.4 Å². The van der Waals surface area contributed by atoms with Crippen LogP contribution in [0.2, 0.25) is 0 Å². The van der Waals surface area contributed by atoms with Crippen LogP contribution in [0.15, 0.2) is 64.2 Å². The van der Waals surface area contributed by atoms with E-state index in [1.807, 2.05) is 0 Å². The molecule has 0 spiro atoms. The van der Waals surface area contributed by atoms with Crippen LogP contribution in [0.25, 0.3) is 0 Å². The van der Waals surface area contributed by atoms with Crippen LogP contribution < -0.4 is 21.3 Å². The predicted molar refractivity (Wildman–Crippen MR) is 107 cm³/mol. The molecule has 31 heavy (non-hydrogen) atoms. The fraction of sp³-hybridized carbons (Fsp3) is 0.211. The number of alkyl halides is 6. The highest BCUT2D eigenvalue weighted by atomic mass is 32.2. The Kier molecular flexibility index (Phi) is 5.18. The summed E-state index contributed by atoms with van der Waals surface area (Å²) in [4.78, 5) is 6.87. The standard InChI is InChI=1S/C19H15F6N5S/c20-18(21,22)10-5-7-11(8-6-10)29-9-28-16-14(15(29)26)30(17(27)31-16)13-4-2-1-3-12(13)19(23,24)25/h1-9,15,17H,26-27H2. The minimum Gasteiger partial charge on any atom is -0.314 e. The Hall–Kier alpha value is -2.70. The second-order valence-electron chi connectivity index (χ2n) is 6.73. The van der Waals surface area contributed by atoms with Crippen LogP contribution in [-0.2, 0) is 12.4 Å². The van der Waals surface area contributed by atoms with Crippen LogP contribution in [0.3, 0.4) is 0 Å². The summed E-state index contributed by atoms with van der Waals surface area (Å²) in [6.45, 7) is 0. The molecule has 4 rings (SSSR count). The summed E-state index contributed by atoms with van der Waals surface area (Å²) in [5.41, 5.74) is 10.2. The number of thioether (sulfide) groups is 1. The highest BCUT2D eigenvalue weighted by molar-refractivity contribution is 8.04. The Morgan fingerprint density at radius 2 is 1.52 bits per heavy atom. The number of hydrogen-bond acceptors (Lipinski definition) is 6. The van der Waals surface area contributed by atoms with Crippen molar-refractivity contribution in [3.63, 3.8) is 0 Å². The first-order valence-electron chi connectivity index (χ1n) is 8.86. The van der Waals surface area contributed by atoms with Gasteiger partial charge in [-0.25, -0.2) is 4.99 Å². The molecule has 12 heteroatoms. The molecule has 2 aliphatic heterocycles. The first-order chi connectivity index (χ1) is 14.5. The third kappa shape index (κ3) is 3.86. The molecule has 2 aromatic rings.